The fourth-order valence-corrected chi connectivity index (χ4v) is 3.61. The summed E-state index contributed by atoms with van der Waals surface area (Å²) in [6, 6.07) is 7.24. The second-order valence-corrected chi connectivity index (χ2v) is 7.21. The van der Waals surface area contributed by atoms with Crippen molar-refractivity contribution >= 4 is 17.2 Å². The monoisotopic (exact) mass is 379 g/mol. The molecule has 0 aromatic carbocycles. The number of hydrogen-bond donors (Lipinski definition) is 2. The Balaban J connectivity index is 1.43. The smallest absolute Gasteiger partial charge is 0.213 e. The zero-order valence-corrected chi connectivity index (χ0v) is 15.9. The third-order valence-electron chi connectivity index (χ3n) is 5.14. The van der Waals surface area contributed by atoms with Gasteiger partial charge in [-0.25, -0.2) is 4.98 Å². The lowest BCUT2D eigenvalue weighted by Gasteiger charge is -2.23. The van der Waals surface area contributed by atoms with Crippen molar-refractivity contribution in [2.45, 2.75) is 25.8 Å². The molecule has 2 N–H and O–H groups in total. The molecule has 1 fully saturated rings. The fourth-order valence-electron chi connectivity index (χ4n) is 3.61. The number of carbonyl (C=O) groups is 1. The first-order valence-electron chi connectivity index (χ1n) is 9.82. The van der Waals surface area contributed by atoms with Crippen LogP contribution in [0.3, 0.4) is 0 Å². The van der Waals surface area contributed by atoms with Gasteiger partial charge in [-0.2, -0.15) is 0 Å². The van der Waals surface area contributed by atoms with Crippen molar-refractivity contribution < 1.29 is 9.53 Å². The summed E-state index contributed by atoms with van der Waals surface area (Å²) in [4.78, 5) is 25.9. The van der Waals surface area contributed by atoms with Gasteiger partial charge in [0.2, 0.25) is 5.88 Å². The number of piperidine rings is 1. The van der Waals surface area contributed by atoms with Crippen LogP contribution < -0.4 is 15.4 Å². The molecular formula is C21H25N5O2. The largest absolute Gasteiger partial charge is 0.471 e. The summed E-state index contributed by atoms with van der Waals surface area (Å²) in [6.07, 6.45) is 6.03. The Kier molecular flexibility index (Phi) is 6.04. The molecule has 0 radical (unpaired) electrons. The van der Waals surface area contributed by atoms with E-state index in [1.165, 1.54) is 12.8 Å². The number of aromatic nitrogens is 2. The van der Waals surface area contributed by atoms with Gasteiger partial charge in [-0.15, -0.1) is 0 Å². The van der Waals surface area contributed by atoms with Crippen LogP contribution in [-0.4, -0.2) is 47.7 Å². The highest BCUT2D eigenvalue weighted by molar-refractivity contribution is 6.16. The molecule has 0 amide bonds. The molecule has 2 aromatic rings. The minimum absolute atomic E-state index is 0.0617. The van der Waals surface area contributed by atoms with E-state index in [1.54, 1.807) is 24.5 Å². The van der Waals surface area contributed by atoms with E-state index < -0.39 is 0 Å². The number of nitrogens with one attached hydrogen (secondary N) is 2. The van der Waals surface area contributed by atoms with Crippen molar-refractivity contribution in [1.82, 2.24) is 20.6 Å². The first-order valence-corrected chi connectivity index (χ1v) is 9.82. The molecule has 0 unspecified atom stereocenters. The van der Waals surface area contributed by atoms with E-state index in [1.807, 2.05) is 12.1 Å². The average molecular weight is 379 g/mol. The molecule has 4 rings (SSSR count). The van der Waals surface area contributed by atoms with Crippen LogP contribution in [0.1, 0.15) is 35.3 Å². The van der Waals surface area contributed by atoms with Gasteiger partial charge >= 0.3 is 0 Å². The molecule has 4 heterocycles. The molecule has 7 nitrogen and oxygen atoms in total. The van der Waals surface area contributed by atoms with Gasteiger partial charge < -0.3 is 15.4 Å². The number of pyridine rings is 2. The third-order valence-corrected chi connectivity index (χ3v) is 5.14. The van der Waals surface area contributed by atoms with Crippen molar-refractivity contribution in [3.63, 3.8) is 0 Å². The number of hydrogen-bond acceptors (Lipinski definition) is 7. The van der Waals surface area contributed by atoms with Gasteiger partial charge in [0.05, 0.1) is 23.5 Å². The standard InChI is InChI=1S/C21H25N5O2/c27-19-11-16(14-28-20-3-1-2-7-25-20)26-21-17(19)6-10-24-18(21)13-23-12-15-4-8-22-9-5-15/h1-3,6-7,10,15,22-23H,4-5,8-9,11-14H2. The molecule has 0 bridgehead atoms. The Morgan fingerprint density at radius 2 is 2.04 bits per heavy atom. The second-order valence-electron chi connectivity index (χ2n) is 7.21. The average Bonchev–Trinajstić information content (AvgIpc) is 2.74. The van der Waals surface area contributed by atoms with E-state index >= 15 is 0 Å². The molecule has 1 saturated heterocycles. The minimum Gasteiger partial charge on any atom is -0.471 e. The quantitative estimate of drug-likeness (QED) is 0.767. The molecule has 0 saturated carbocycles. The topological polar surface area (TPSA) is 88.5 Å². The number of Topliss-reactive ketones (excluding diaryl/α,β-unsaturated/α-hetero) is 1. The minimum atomic E-state index is 0.0617. The Labute approximate surface area is 164 Å². The first kappa shape index (κ1) is 18.7. The number of ketones is 1. The number of aliphatic imine (C=N–C) groups is 1. The summed E-state index contributed by atoms with van der Waals surface area (Å²) in [6.45, 7) is 3.99. The highest BCUT2D eigenvalue weighted by atomic mass is 16.5. The molecule has 146 valence electrons. The lowest BCUT2D eigenvalue weighted by molar-refractivity contribution is 0.0998. The molecule has 2 aliphatic heterocycles. The summed E-state index contributed by atoms with van der Waals surface area (Å²) in [5.74, 6) is 1.28. The number of nitrogens with zero attached hydrogens (tertiary/aromatic N) is 3. The van der Waals surface area contributed by atoms with Gasteiger partial charge in [0.15, 0.2) is 5.78 Å². The Morgan fingerprint density at radius 3 is 2.86 bits per heavy atom. The van der Waals surface area contributed by atoms with Crippen LogP contribution in [-0.2, 0) is 6.54 Å². The van der Waals surface area contributed by atoms with E-state index in [9.17, 15) is 4.79 Å². The Bertz CT molecular complexity index is 847. The lowest BCUT2D eigenvalue weighted by atomic mass is 9.98. The zero-order chi connectivity index (χ0) is 19.2. The van der Waals surface area contributed by atoms with Crippen LogP contribution in [0.5, 0.6) is 5.88 Å². The fraction of sp³-hybridized carbons (Fsp3) is 0.429. The van der Waals surface area contributed by atoms with Crippen molar-refractivity contribution in [1.29, 1.82) is 0 Å². The van der Waals surface area contributed by atoms with Crippen LogP contribution in [0.4, 0.5) is 5.69 Å². The van der Waals surface area contributed by atoms with E-state index in [4.69, 9.17) is 9.73 Å². The maximum atomic E-state index is 12.6. The van der Waals surface area contributed by atoms with E-state index in [-0.39, 0.29) is 18.8 Å². The van der Waals surface area contributed by atoms with Gasteiger partial charge in [0, 0.05) is 30.6 Å². The summed E-state index contributed by atoms with van der Waals surface area (Å²) < 4.78 is 5.67. The normalized spacial score (nSPS) is 17.1. The third kappa shape index (κ3) is 4.61. The maximum absolute atomic E-state index is 12.6. The highest BCUT2D eigenvalue weighted by Gasteiger charge is 2.23. The van der Waals surface area contributed by atoms with Crippen molar-refractivity contribution in [3.8, 4) is 5.88 Å². The van der Waals surface area contributed by atoms with Crippen molar-refractivity contribution in [2.24, 2.45) is 10.9 Å². The first-order chi connectivity index (χ1) is 13.8. The van der Waals surface area contributed by atoms with E-state index in [2.05, 4.69) is 20.6 Å². The molecule has 28 heavy (non-hydrogen) atoms. The van der Waals surface area contributed by atoms with Gasteiger partial charge in [-0.3, -0.25) is 14.8 Å². The van der Waals surface area contributed by atoms with Crippen LogP contribution >= 0.6 is 0 Å². The predicted molar refractivity (Wildman–Crippen MR) is 107 cm³/mol. The summed E-state index contributed by atoms with van der Waals surface area (Å²) in [5, 5.41) is 6.88. The second kappa shape index (κ2) is 9.03. The molecule has 0 spiro atoms. The lowest BCUT2D eigenvalue weighted by Crippen LogP contribution is -2.33. The number of carbonyl (C=O) groups excluding carboxylic acids is 1. The predicted octanol–water partition coefficient (Wildman–Crippen LogP) is 2.30. The van der Waals surface area contributed by atoms with Gasteiger partial charge in [0.25, 0.3) is 0 Å². The van der Waals surface area contributed by atoms with Crippen LogP contribution in [0, 0.1) is 5.92 Å². The Morgan fingerprint density at radius 1 is 1.14 bits per heavy atom. The SMILES string of the molecule is O=C1CC(COc2ccccn2)=Nc2c1ccnc2CNCC1CCNCC1. The van der Waals surface area contributed by atoms with Crippen LogP contribution in [0.25, 0.3) is 0 Å². The molecule has 2 aromatic heterocycles. The summed E-state index contributed by atoms with van der Waals surface area (Å²) >= 11 is 0. The van der Waals surface area contributed by atoms with Crippen LogP contribution in [0.2, 0.25) is 0 Å². The van der Waals surface area contributed by atoms with Crippen molar-refractivity contribution in [2.75, 3.05) is 26.2 Å². The summed E-state index contributed by atoms with van der Waals surface area (Å²) in [5.41, 5.74) is 2.84. The van der Waals surface area contributed by atoms with Gasteiger partial charge in [-0.1, -0.05) is 6.07 Å². The highest BCUT2D eigenvalue weighted by Crippen LogP contribution is 2.29. The summed E-state index contributed by atoms with van der Waals surface area (Å²) in [7, 11) is 0. The number of rotatable bonds is 7. The molecule has 0 aliphatic carbocycles. The van der Waals surface area contributed by atoms with Crippen LogP contribution in [0.15, 0.2) is 41.7 Å². The molecule has 2 aliphatic rings. The zero-order valence-electron chi connectivity index (χ0n) is 15.9. The maximum Gasteiger partial charge on any atom is 0.213 e. The van der Waals surface area contributed by atoms with Crippen molar-refractivity contribution in [3.05, 3.63) is 47.9 Å². The number of ether oxygens (including phenoxy) is 1. The van der Waals surface area contributed by atoms with Gasteiger partial charge in [-0.05, 0) is 50.5 Å². The van der Waals surface area contributed by atoms with Gasteiger partial charge in [0.1, 0.15) is 6.61 Å². The van der Waals surface area contributed by atoms with E-state index in [0.29, 0.717) is 35.3 Å². The van der Waals surface area contributed by atoms with E-state index in [0.717, 1.165) is 25.3 Å². The molecule has 7 heteroatoms. The number of fused-ring (bicyclic) bond motifs is 1. The molecular weight excluding hydrogens is 354 g/mol. The Hall–Kier alpha value is -2.64. The molecule has 0 atom stereocenters.